The van der Waals surface area contributed by atoms with Gasteiger partial charge in [-0.05, 0) is 41.8 Å². The first kappa shape index (κ1) is 23.9. The minimum Gasteiger partial charge on any atom is -0.493 e. The van der Waals surface area contributed by atoms with E-state index in [1.807, 2.05) is 0 Å². The van der Waals surface area contributed by atoms with E-state index in [2.05, 4.69) is 20.4 Å². The molecule has 0 aromatic heterocycles. The molecule has 5 nitrogen and oxygen atoms in total. The summed E-state index contributed by atoms with van der Waals surface area (Å²) in [6, 6.07) is 9.65. The zero-order valence-electron chi connectivity index (χ0n) is 15.8. The first-order valence-electron chi connectivity index (χ1n) is 8.24. The molecule has 0 amide bonds. The van der Waals surface area contributed by atoms with Crippen molar-refractivity contribution in [3.63, 3.8) is 0 Å². The summed E-state index contributed by atoms with van der Waals surface area (Å²) in [4.78, 5) is 4.11. The quantitative estimate of drug-likeness (QED) is 0.334. The Bertz CT molecular complexity index is 804. The molecule has 2 aromatic rings. The number of nitrogens with one attached hydrogen (secondary N) is 2. The number of hydrogen-bond acceptors (Lipinski definition) is 3. The minimum atomic E-state index is -2.93. The third kappa shape index (κ3) is 7.10. The third-order valence-corrected chi connectivity index (χ3v) is 3.81. The van der Waals surface area contributed by atoms with Gasteiger partial charge in [-0.2, -0.15) is 8.78 Å². The highest BCUT2D eigenvalue weighted by Gasteiger charge is 2.11. The Morgan fingerprint density at radius 2 is 1.64 bits per heavy atom. The highest BCUT2D eigenvalue weighted by atomic mass is 127. The van der Waals surface area contributed by atoms with E-state index in [9.17, 15) is 13.2 Å². The van der Waals surface area contributed by atoms with E-state index in [4.69, 9.17) is 4.74 Å². The Labute approximate surface area is 179 Å². The van der Waals surface area contributed by atoms with Crippen LogP contribution in [0.2, 0.25) is 0 Å². The number of aryl methyl sites for hydroxylation is 1. The van der Waals surface area contributed by atoms with Crippen LogP contribution < -0.4 is 20.1 Å². The van der Waals surface area contributed by atoms with Gasteiger partial charge < -0.3 is 20.1 Å². The Balaban J connectivity index is 0.00000392. The molecule has 0 atom stereocenters. The second-order valence-electron chi connectivity index (χ2n) is 5.73. The van der Waals surface area contributed by atoms with Gasteiger partial charge in [0.1, 0.15) is 5.82 Å². The Morgan fingerprint density at radius 1 is 1.04 bits per heavy atom. The highest BCUT2D eigenvalue weighted by Crippen LogP contribution is 2.29. The fraction of sp³-hybridized carbons (Fsp3) is 0.316. The maximum atomic E-state index is 13.3. The molecule has 0 aliphatic heterocycles. The lowest BCUT2D eigenvalue weighted by molar-refractivity contribution is -0.0512. The number of benzene rings is 2. The van der Waals surface area contributed by atoms with Crippen molar-refractivity contribution in [3.05, 3.63) is 58.9 Å². The smallest absolute Gasteiger partial charge is 0.387 e. The molecule has 0 aliphatic carbocycles. The van der Waals surface area contributed by atoms with Gasteiger partial charge in [0.15, 0.2) is 17.5 Å². The van der Waals surface area contributed by atoms with E-state index in [-0.39, 0.29) is 41.3 Å². The van der Waals surface area contributed by atoms with Crippen LogP contribution in [0.1, 0.15) is 16.7 Å². The van der Waals surface area contributed by atoms with E-state index in [0.717, 1.165) is 5.56 Å². The average Bonchev–Trinajstić information content (AvgIpc) is 2.64. The largest absolute Gasteiger partial charge is 0.493 e. The van der Waals surface area contributed by atoms with E-state index in [1.165, 1.54) is 19.2 Å². The maximum Gasteiger partial charge on any atom is 0.387 e. The predicted molar refractivity (Wildman–Crippen MR) is 113 cm³/mol. The van der Waals surface area contributed by atoms with Crippen LogP contribution in [0.15, 0.2) is 41.4 Å². The van der Waals surface area contributed by atoms with Gasteiger partial charge in [0.2, 0.25) is 0 Å². The summed E-state index contributed by atoms with van der Waals surface area (Å²) in [5, 5.41) is 6.19. The number of alkyl halides is 2. The van der Waals surface area contributed by atoms with Crippen molar-refractivity contribution in [3.8, 4) is 11.5 Å². The fourth-order valence-electron chi connectivity index (χ4n) is 2.43. The maximum absolute atomic E-state index is 13.3. The molecule has 154 valence electrons. The third-order valence-electron chi connectivity index (χ3n) is 3.81. The standard InChI is InChI=1S/C19H22F3N3O2.HI/c1-12-8-13(4-6-15(12)20)10-24-19(23-2)25-11-14-5-7-16(26-3)17(9-14)27-18(21)22;/h4-9,18H,10-11H2,1-3H3,(H2,23,24,25);1H. The zero-order chi connectivity index (χ0) is 19.8. The SMILES string of the molecule is CN=C(NCc1ccc(F)c(C)c1)NCc1ccc(OC)c(OC(F)F)c1.I. The van der Waals surface area contributed by atoms with Crippen LogP contribution in [0, 0.1) is 12.7 Å². The summed E-state index contributed by atoms with van der Waals surface area (Å²) in [6.07, 6.45) is 0. The van der Waals surface area contributed by atoms with Crippen LogP contribution >= 0.6 is 24.0 Å². The van der Waals surface area contributed by atoms with Crippen molar-refractivity contribution < 1.29 is 22.6 Å². The van der Waals surface area contributed by atoms with Gasteiger partial charge in [0, 0.05) is 20.1 Å². The summed E-state index contributed by atoms with van der Waals surface area (Å²) in [5.74, 6) is 0.469. The van der Waals surface area contributed by atoms with E-state index < -0.39 is 6.61 Å². The van der Waals surface area contributed by atoms with E-state index >= 15 is 0 Å². The molecule has 0 saturated heterocycles. The number of rotatable bonds is 7. The summed E-state index contributed by atoms with van der Waals surface area (Å²) >= 11 is 0. The molecular formula is C19H23F3IN3O2. The lowest BCUT2D eigenvalue weighted by atomic mass is 10.1. The van der Waals surface area contributed by atoms with Crippen molar-refractivity contribution >= 4 is 29.9 Å². The number of methoxy groups -OCH3 is 1. The molecule has 0 unspecified atom stereocenters. The fourth-order valence-corrected chi connectivity index (χ4v) is 2.43. The summed E-state index contributed by atoms with van der Waals surface area (Å²) in [6.45, 7) is -0.431. The van der Waals surface area contributed by atoms with Crippen LogP contribution in [0.5, 0.6) is 11.5 Å². The molecule has 2 aromatic carbocycles. The number of hydrogen-bond donors (Lipinski definition) is 2. The van der Waals surface area contributed by atoms with Crippen LogP contribution in [0.25, 0.3) is 0 Å². The van der Waals surface area contributed by atoms with Crippen molar-refractivity contribution in [1.82, 2.24) is 10.6 Å². The first-order chi connectivity index (χ1) is 12.9. The second-order valence-corrected chi connectivity index (χ2v) is 5.73. The molecule has 28 heavy (non-hydrogen) atoms. The predicted octanol–water partition coefficient (Wildman–Crippen LogP) is 4.23. The Morgan fingerprint density at radius 3 is 2.18 bits per heavy atom. The van der Waals surface area contributed by atoms with Crippen LogP contribution in [0.4, 0.5) is 13.2 Å². The van der Waals surface area contributed by atoms with Gasteiger partial charge in [-0.25, -0.2) is 4.39 Å². The van der Waals surface area contributed by atoms with Crippen molar-refractivity contribution in [2.45, 2.75) is 26.6 Å². The van der Waals surface area contributed by atoms with Crippen molar-refractivity contribution in [2.75, 3.05) is 14.2 Å². The molecule has 0 heterocycles. The molecule has 2 N–H and O–H groups in total. The van der Waals surface area contributed by atoms with Gasteiger partial charge >= 0.3 is 6.61 Å². The number of halogens is 4. The van der Waals surface area contributed by atoms with Crippen molar-refractivity contribution in [2.24, 2.45) is 4.99 Å². The van der Waals surface area contributed by atoms with Gasteiger partial charge in [-0.1, -0.05) is 18.2 Å². The topological polar surface area (TPSA) is 54.9 Å². The molecular weight excluding hydrogens is 486 g/mol. The van der Waals surface area contributed by atoms with Crippen LogP contribution in [0.3, 0.4) is 0 Å². The number of aliphatic imine (C=N–C) groups is 1. The van der Waals surface area contributed by atoms with Crippen LogP contribution in [-0.4, -0.2) is 26.7 Å². The second kappa shape index (κ2) is 11.6. The van der Waals surface area contributed by atoms with Crippen molar-refractivity contribution in [1.29, 1.82) is 0 Å². The van der Waals surface area contributed by atoms with E-state index in [0.29, 0.717) is 30.2 Å². The van der Waals surface area contributed by atoms with Gasteiger partial charge in [0.05, 0.1) is 7.11 Å². The van der Waals surface area contributed by atoms with E-state index in [1.54, 1.807) is 38.2 Å². The molecule has 2 rings (SSSR count). The Hall–Kier alpha value is -2.17. The van der Waals surface area contributed by atoms with Crippen LogP contribution in [-0.2, 0) is 13.1 Å². The normalized spacial score (nSPS) is 11.0. The zero-order valence-corrected chi connectivity index (χ0v) is 18.1. The first-order valence-corrected chi connectivity index (χ1v) is 8.24. The molecule has 0 saturated carbocycles. The van der Waals surface area contributed by atoms with Gasteiger partial charge in [-0.3, -0.25) is 4.99 Å². The molecule has 0 bridgehead atoms. The summed E-state index contributed by atoms with van der Waals surface area (Å²) < 4.78 is 47.8. The summed E-state index contributed by atoms with van der Waals surface area (Å²) in [5.41, 5.74) is 2.20. The highest BCUT2D eigenvalue weighted by molar-refractivity contribution is 14.0. The Kier molecular flexibility index (Phi) is 9.91. The molecule has 9 heteroatoms. The summed E-state index contributed by atoms with van der Waals surface area (Å²) in [7, 11) is 3.00. The van der Waals surface area contributed by atoms with Gasteiger partial charge in [0.25, 0.3) is 0 Å². The molecule has 0 radical (unpaired) electrons. The molecule has 0 fully saturated rings. The monoisotopic (exact) mass is 509 g/mol. The lowest BCUT2D eigenvalue weighted by Gasteiger charge is -2.14. The number of nitrogens with zero attached hydrogens (tertiary/aromatic N) is 1. The molecule has 0 spiro atoms. The molecule has 0 aliphatic rings. The lowest BCUT2D eigenvalue weighted by Crippen LogP contribution is -2.36. The number of ether oxygens (including phenoxy) is 2. The average molecular weight is 509 g/mol. The number of guanidine groups is 1. The minimum absolute atomic E-state index is 0. The van der Waals surface area contributed by atoms with Gasteiger partial charge in [-0.15, -0.1) is 24.0 Å².